The Morgan fingerprint density at radius 3 is 2.31 bits per heavy atom. The third-order valence-electron chi connectivity index (χ3n) is 6.41. The standard InChI is InChI=1S/C22H23N3O4/c1-15-22(20(26)24(23-15)17-11-7-4-8-12-17)19(16-9-5-3-6-10-16)18(25(28)29)13-14-21(22,2)27/h3-12,18-19,27H,13-14H2,1-2H3/t18-,19+,21+,22-/m1/s1. The van der Waals surface area contributed by atoms with Crippen molar-refractivity contribution in [2.24, 2.45) is 10.5 Å². The molecule has 1 saturated carbocycles. The molecule has 2 aliphatic rings. The molecule has 1 heterocycles. The normalized spacial score (nSPS) is 31.8. The highest BCUT2D eigenvalue weighted by molar-refractivity contribution is 6.20. The van der Waals surface area contributed by atoms with E-state index in [1.807, 2.05) is 12.1 Å². The lowest BCUT2D eigenvalue weighted by Crippen LogP contribution is -2.64. The molecule has 2 aromatic rings. The summed E-state index contributed by atoms with van der Waals surface area (Å²) in [6.45, 7) is 3.29. The van der Waals surface area contributed by atoms with Crippen LogP contribution in [0.5, 0.6) is 0 Å². The van der Waals surface area contributed by atoms with E-state index in [9.17, 15) is 20.0 Å². The molecule has 4 atom stereocenters. The van der Waals surface area contributed by atoms with Gasteiger partial charge in [-0.2, -0.15) is 10.1 Å². The number of benzene rings is 2. The van der Waals surface area contributed by atoms with E-state index in [-0.39, 0.29) is 17.8 Å². The van der Waals surface area contributed by atoms with Gasteiger partial charge in [-0.3, -0.25) is 14.9 Å². The number of hydrazone groups is 1. The molecule has 1 spiro atoms. The van der Waals surface area contributed by atoms with E-state index >= 15 is 0 Å². The molecular formula is C22H23N3O4. The minimum Gasteiger partial charge on any atom is -0.389 e. The van der Waals surface area contributed by atoms with Gasteiger partial charge in [-0.05, 0) is 38.0 Å². The Morgan fingerprint density at radius 1 is 1.14 bits per heavy atom. The predicted molar refractivity (Wildman–Crippen MR) is 109 cm³/mol. The summed E-state index contributed by atoms with van der Waals surface area (Å²) in [5.41, 5.74) is -1.36. The van der Waals surface area contributed by atoms with Crippen LogP contribution < -0.4 is 5.01 Å². The maximum Gasteiger partial charge on any atom is 0.263 e. The first-order chi connectivity index (χ1) is 13.8. The van der Waals surface area contributed by atoms with Gasteiger partial charge in [0.1, 0.15) is 5.41 Å². The molecule has 150 valence electrons. The lowest BCUT2D eigenvalue weighted by Gasteiger charge is -2.50. The highest BCUT2D eigenvalue weighted by Gasteiger charge is 2.70. The van der Waals surface area contributed by atoms with Gasteiger partial charge in [0.2, 0.25) is 6.04 Å². The Morgan fingerprint density at radius 2 is 1.72 bits per heavy atom. The Kier molecular flexibility index (Phi) is 4.50. The summed E-state index contributed by atoms with van der Waals surface area (Å²) in [4.78, 5) is 25.6. The van der Waals surface area contributed by atoms with E-state index in [4.69, 9.17) is 0 Å². The zero-order valence-electron chi connectivity index (χ0n) is 16.4. The fourth-order valence-electron chi connectivity index (χ4n) is 5.09. The highest BCUT2D eigenvalue weighted by Crippen LogP contribution is 2.57. The summed E-state index contributed by atoms with van der Waals surface area (Å²) in [5.74, 6) is -1.25. The monoisotopic (exact) mass is 393 g/mol. The van der Waals surface area contributed by atoms with Crippen molar-refractivity contribution in [2.75, 3.05) is 5.01 Å². The number of rotatable bonds is 3. The zero-order chi connectivity index (χ0) is 20.8. The first-order valence-electron chi connectivity index (χ1n) is 9.67. The summed E-state index contributed by atoms with van der Waals surface area (Å²) in [6.07, 6.45) is 0.330. The molecule has 0 bridgehead atoms. The number of para-hydroxylation sites is 1. The minimum absolute atomic E-state index is 0.142. The molecule has 0 radical (unpaired) electrons. The molecule has 7 nitrogen and oxygen atoms in total. The molecule has 7 heteroatoms. The maximum atomic E-state index is 13.9. The van der Waals surface area contributed by atoms with E-state index < -0.39 is 28.9 Å². The number of nitrogens with zero attached hydrogens (tertiary/aromatic N) is 3. The summed E-state index contributed by atoms with van der Waals surface area (Å²) >= 11 is 0. The van der Waals surface area contributed by atoms with Crippen molar-refractivity contribution in [3.63, 3.8) is 0 Å². The molecule has 1 fully saturated rings. The van der Waals surface area contributed by atoms with E-state index in [1.165, 1.54) is 5.01 Å². The maximum absolute atomic E-state index is 13.9. The summed E-state index contributed by atoms with van der Waals surface area (Å²) in [6, 6.07) is 16.9. The third-order valence-corrected chi connectivity index (χ3v) is 6.41. The first kappa shape index (κ1) is 19.3. The number of anilines is 1. The second-order valence-electron chi connectivity index (χ2n) is 8.00. The van der Waals surface area contributed by atoms with Gasteiger partial charge in [-0.1, -0.05) is 48.5 Å². The van der Waals surface area contributed by atoms with Crippen molar-refractivity contribution >= 4 is 17.3 Å². The number of carbonyl (C=O) groups is 1. The predicted octanol–water partition coefficient (Wildman–Crippen LogP) is 3.37. The fraction of sp³-hybridized carbons (Fsp3) is 0.364. The van der Waals surface area contributed by atoms with Crippen molar-refractivity contribution in [3.05, 3.63) is 76.3 Å². The Hall–Kier alpha value is -3.06. The van der Waals surface area contributed by atoms with Crippen LogP contribution in [0.1, 0.15) is 38.2 Å². The molecular weight excluding hydrogens is 370 g/mol. The van der Waals surface area contributed by atoms with Crippen molar-refractivity contribution in [3.8, 4) is 0 Å². The second-order valence-corrected chi connectivity index (χ2v) is 8.00. The van der Waals surface area contributed by atoms with Gasteiger partial charge < -0.3 is 5.11 Å². The minimum atomic E-state index is -1.51. The van der Waals surface area contributed by atoms with Crippen molar-refractivity contribution in [1.82, 2.24) is 0 Å². The van der Waals surface area contributed by atoms with Crippen LogP contribution in [-0.2, 0) is 4.79 Å². The van der Waals surface area contributed by atoms with Crippen LogP contribution in [-0.4, -0.2) is 33.3 Å². The smallest absolute Gasteiger partial charge is 0.263 e. The quantitative estimate of drug-likeness (QED) is 0.639. The fourth-order valence-corrected chi connectivity index (χ4v) is 5.09. The average molecular weight is 393 g/mol. The molecule has 0 saturated heterocycles. The zero-order valence-corrected chi connectivity index (χ0v) is 16.4. The van der Waals surface area contributed by atoms with Gasteiger partial charge in [-0.15, -0.1) is 0 Å². The summed E-state index contributed by atoms with van der Waals surface area (Å²) in [7, 11) is 0. The Bertz CT molecular complexity index is 974. The third kappa shape index (κ3) is 2.68. The Balaban J connectivity index is 1.95. The van der Waals surface area contributed by atoms with Gasteiger partial charge in [0.15, 0.2) is 0 Å². The number of hydrogen-bond donors (Lipinski definition) is 1. The summed E-state index contributed by atoms with van der Waals surface area (Å²) in [5, 5.41) is 29.3. The van der Waals surface area contributed by atoms with Crippen molar-refractivity contribution in [2.45, 2.75) is 44.2 Å². The molecule has 4 rings (SSSR count). The van der Waals surface area contributed by atoms with Gasteiger partial charge in [0, 0.05) is 11.3 Å². The number of carbonyl (C=O) groups excluding carboxylic acids is 1. The molecule has 2 aromatic carbocycles. The molecule has 1 amide bonds. The lowest BCUT2D eigenvalue weighted by molar-refractivity contribution is -0.535. The average Bonchev–Trinajstić information content (AvgIpc) is 2.97. The number of hydrogen-bond acceptors (Lipinski definition) is 5. The van der Waals surface area contributed by atoms with Crippen molar-refractivity contribution in [1.29, 1.82) is 0 Å². The van der Waals surface area contributed by atoms with Crippen LogP contribution in [0.3, 0.4) is 0 Å². The van der Waals surface area contributed by atoms with E-state index in [0.29, 0.717) is 17.0 Å². The van der Waals surface area contributed by atoms with Crippen LogP contribution in [0.2, 0.25) is 0 Å². The largest absolute Gasteiger partial charge is 0.389 e. The highest BCUT2D eigenvalue weighted by atomic mass is 16.6. The molecule has 1 N–H and O–H groups in total. The molecule has 0 aromatic heterocycles. The van der Waals surface area contributed by atoms with Crippen LogP contribution in [0.25, 0.3) is 0 Å². The van der Waals surface area contributed by atoms with Gasteiger partial charge >= 0.3 is 0 Å². The number of amides is 1. The lowest BCUT2D eigenvalue weighted by atomic mass is 9.52. The van der Waals surface area contributed by atoms with Crippen molar-refractivity contribution < 1.29 is 14.8 Å². The van der Waals surface area contributed by atoms with E-state index in [0.717, 1.165) is 0 Å². The Labute approximate surface area is 168 Å². The molecule has 0 unspecified atom stereocenters. The second kappa shape index (κ2) is 6.77. The van der Waals surface area contributed by atoms with Crippen LogP contribution in [0.4, 0.5) is 5.69 Å². The SMILES string of the molecule is CC1=NN(c2ccccc2)C(=O)[C@]12[C@@H](c1ccccc1)[C@H]([N+](=O)[O-])CC[C@]2(C)O. The van der Waals surface area contributed by atoms with Gasteiger partial charge in [-0.25, -0.2) is 0 Å². The van der Waals surface area contributed by atoms with Crippen LogP contribution in [0.15, 0.2) is 65.8 Å². The van der Waals surface area contributed by atoms with Crippen LogP contribution >= 0.6 is 0 Å². The molecule has 29 heavy (non-hydrogen) atoms. The number of nitro groups is 1. The molecule has 1 aliphatic heterocycles. The van der Waals surface area contributed by atoms with Crippen LogP contribution in [0, 0.1) is 15.5 Å². The van der Waals surface area contributed by atoms with E-state index in [1.54, 1.807) is 62.4 Å². The van der Waals surface area contributed by atoms with E-state index in [2.05, 4.69) is 5.10 Å². The number of aliphatic hydroxyl groups is 1. The molecule has 1 aliphatic carbocycles. The first-order valence-corrected chi connectivity index (χ1v) is 9.67. The van der Waals surface area contributed by atoms with Gasteiger partial charge in [0.25, 0.3) is 5.91 Å². The van der Waals surface area contributed by atoms with Gasteiger partial charge in [0.05, 0.1) is 22.9 Å². The summed E-state index contributed by atoms with van der Waals surface area (Å²) < 4.78 is 0. The topological polar surface area (TPSA) is 96.0 Å².